The van der Waals surface area contributed by atoms with Gasteiger partial charge in [-0.2, -0.15) is 0 Å². The maximum Gasteiger partial charge on any atom is 0.304 e. The predicted molar refractivity (Wildman–Crippen MR) is 82.5 cm³/mol. The van der Waals surface area contributed by atoms with Crippen LogP contribution in [0.1, 0.15) is 44.6 Å². The van der Waals surface area contributed by atoms with Crippen molar-refractivity contribution in [2.24, 2.45) is 0 Å². The van der Waals surface area contributed by atoms with Crippen molar-refractivity contribution in [2.75, 3.05) is 6.54 Å². The molecule has 2 atom stereocenters. The number of phenols is 1. The molecule has 1 aromatic carbocycles. The third kappa shape index (κ3) is 4.74. The first kappa shape index (κ1) is 15.8. The van der Waals surface area contributed by atoms with Crippen LogP contribution in [-0.2, 0) is 11.2 Å². The van der Waals surface area contributed by atoms with Gasteiger partial charge < -0.3 is 10.2 Å². The predicted octanol–water partition coefficient (Wildman–Crippen LogP) is 3.04. The van der Waals surface area contributed by atoms with Gasteiger partial charge in [0.1, 0.15) is 5.75 Å². The second kappa shape index (κ2) is 7.46. The fraction of sp³-hybridized carbons (Fsp3) is 0.588. The fourth-order valence-corrected chi connectivity index (χ4v) is 3.23. The highest BCUT2D eigenvalue weighted by Crippen LogP contribution is 2.24. The third-order valence-corrected chi connectivity index (χ3v) is 4.44. The number of rotatable bonds is 6. The minimum Gasteiger partial charge on any atom is -0.508 e. The molecule has 0 aromatic heterocycles. The van der Waals surface area contributed by atoms with Gasteiger partial charge >= 0.3 is 5.97 Å². The van der Waals surface area contributed by atoms with Gasteiger partial charge in [0.25, 0.3) is 0 Å². The van der Waals surface area contributed by atoms with Crippen molar-refractivity contribution in [1.82, 2.24) is 4.90 Å². The maximum atomic E-state index is 11.0. The molecule has 2 rings (SSSR count). The molecular weight excluding hydrogens is 266 g/mol. The number of carbonyl (C=O) groups is 1. The van der Waals surface area contributed by atoms with Crippen molar-refractivity contribution in [3.8, 4) is 5.75 Å². The molecule has 4 nitrogen and oxygen atoms in total. The Labute approximate surface area is 126 Å². The quantitative estimate of drug-likeness (QED) is 0.845. The van der Waals surface area contributed by atoms with Crippen LogP contribution in [0, 0.1) is 0 Å². The second-order valence-corrected chi connectivity index (χ2v) is 6.04. The molecule has 1 heterocycles. The normalized spacial score (nSPS) is 21.1. The summed E-state index contributed by atoms with van der Waals surface area (Å²) in [6, 6.07) is 7.91. The summed E-state index contributed by atoms with van der Waals surface area (Å²) in [6.45, 7) is 3.20. The highest BCUT2D eigenvalue weighted by Gasteiger charge is 2.27. The molecule has 0 amide bonds. The average molecular weight is 291 g/mol. The Bertz CT molecular complexity index is 458. The number of aliphatic carboxylic acids is 1. The minimum absolute atomic E-state index is 0.186. The monoisotopic (exact) mass is 291 g/mol. The third-order valence-electron chi connectivity index (χ3n) is 4.44. The summed E-state index contributed by atoms with van der Waals surface area (Å²) in [5, 5.41) is 18.3. The zero-order chi connectivity index (χ0) is 15.2. The summed E-state index contributed by atoms with van der Waals surface area (Å²) in [5.41, 5.74) is 1.21. The molecule has 0 spiro atoms. The van der Waals surface area contributed by atoms with Crippen LogP contribution in [0.2, 0.25) is 0 Å². The summed E-state index contributed by atoms with van der Waals surface area (Å²) in [5.74, 6) is -0.401. The topological polar surface area (TPSA) is 60.8 Å². The number of aryl methyl sites for hydroxylation is 1. The molecule has 0 bridgehead atoms. The van der Waals surface area contributed by atoms with Gasteiger partial charge in [0.2, 0.25) is 0 Å². The molecule has 2 unspecified atom stereocenters. The van der Waals surface area contributed by atoms with Crippen LogP contribution in [0.3, 0.4) is 0 Å². The van der Waals surface area contributed by atoms with Crippen LogP contribution in [0.15, 0.2) is 24.3 Å². The van der Waals surface area contributed by atoms with Gasteiger partial charge in [0.15, 0.2) is 0 Å². The minimum atomic E-state index is -0.697. The van der Waals surface area contributed by atoms with E-state index < -0.39 is 5.97 Å². The van der Waals surface area contributed by atoms with Crippen molar-refractivity contribution >= 4 is 5.97 Å². The van der Waals surface area contributed by atoms with Gasteiger partial charge in [-0.25, -0.2) is 0 Å². The molecule has 1 saturated heterocycles. The van der Waals surface area contributed by atoms with E-state index in [2.05, 4.69) is 11.8 Å². The molecule has 116 valence electrons. The molecule has 2 N–H and O–H groups in total. The number of carboxylic acid groups (broad SMARTS) is 1. The van der Waals surface area contributed by atoms with Crippen molar-refractivity contribution in [3.63, 3.8) is 0 Å². The van der Waals surface area contributed by atoms with Crippen molar-refractivity contribution < 1.29 is 15.0 Å². The first-order valence-electron chi connectivity index (χ1n) is 7.81. The summed E-state index contributed by atoms with van der Waals surface area (Å²) < 4.78 is 0. The highest BCUT2D eigenvalue weighted by atomic mass is 16.4. The van der Waals surface area contributed by atoms with E-state index in [4.69, 9.17) is 5.11 Å². The summed E-state index contributed by atoms with van der Waals surface area (Å²) in [4.78, 5) is 13.4. The van der Waals surface area contributed by atoms with Gasteiger partial charge in [0.05, 0.1) is 6.42 Å². The van der Waals surface area contributed by atoms with Crippen molar-refractivity contribution in [2.45, 2.75) is 57.5 Å². The fourth-order valence-electron chi connectivity index (χ4n) is 3.23. The standard InChI is InChI=1S/C17H25NO3/c1-13(5-6-14-7-9-16(19)10-8-14)18-11-3-2-4-15(18)12-17(20)21/h7-10,13,15,19H,2-6,11-12H2,1H3,(H,20,21). The lowest BCUT2D eigenvalue weighted by atomic mass is 9.95. The molecule has 0 radical (unpaired) electrons. The van der Waals surface area contributed by atoms with Gasteiger partial charge in [-0.3, -0.25) is 9.69 Å². The number of likely N-dealkylation sites (tertiary alicyclic amines) is 1. The summed E-state index contributed by atoms with van der Waals surface area (Å²) in [6.07, 6.45) is 5.52. The zero-order valence-corrected chi connectivity index (χ0v) is 12.7. The van der Waals surface area contributed by atoms with E-state index in [1.807, 2.05) is 12.1 Å². The number of nitrogens with zero attached hydrogens (tertiary/aromatic N) is 1. The lowest BCUT2D eigenvalue weighted by molar-refractivity contribution is -0.139. The molecular formula is C17H25NO3. The number of aromatic hydroxyl groups is 1. The van der Waals surface area contributed by atoms with Crippen molar-refractivity contribution in [3.05, 3.63) is 29.8 Å². The van der Waals surface area contributed by atoms with Gasteiger partial charge in [-0.15, -0.1) is 0 Å². The van der Waals surface area contributed by atoms with E-state index in [0.717, 1.165) is 32.2 Å². The highest BCUT2D eigenvalue weighted by molar-refractivity contribution is 5.67. The molecule has 0 aliphatic carbocycles. The SMILES string of the molecule is CC(CCc1ccc(O)cc1)N1CCCCC1CC(=O)O. The first-order valence-corrected chi connectivity index (χ1v) is 7.81. The van der Waals surface area contributed by atoms with Crippen LogP contribution in [0.25, 0.3) is 0 Å². The van der Waals surface area contributed by atoms with E-state index in [-0.39, 0.29) is 12.5 Å². The average Bonchev–Trinajstić information content (AvgIpc) is 2.46. The number of phenolic OH excluding ortho intramolecular Hbond substituents is 1. The zero-order valence-electron chi connectivity index (χ0n) is 12.7. The molecule has 1 aliphatic heterocycles. The van der Waals surface area contributed by atoms with Crippen molar-refractivity contribution in [1.29, 1.82) is 0 Å². The number of carboxylic acids is 1. The van der Waals surface area contributed by atoms with E-state index in [9.17, 15) is 9.90 Å². The van der Waals surface area contributed by atoms with E-state index in [1.54, 1.807) is 12.1 Å². The Morgan fingerprint density at radius 1 is 1.33 bits per heavy atom. The number of hydrogen-bond donors (Lipinski definition) is 2. The lowest BCUT2D eigenvalue weighted by Crippen LogP contribution is -2.46. The van der Waals surface area contributed by atoms with Gasteiger partial charge in [-0.1, -0.05) is 18.6 Å². The number of piperidine rings is 1. The van der Waals surface area contributed by atoms with Crippen LogP contribution >= 0.6 is 0 Å². The van der Waals surface area contributed by atoms with E-state index in [1.165, 1.54) is 12.0 Å². The largest absolute Gasteiger partial charge is 0.508 e. The number of benzene rings is 1. The molecule has 21 heavy (non-hydrogen) atoms. The number of hydrogen-bond acceptors (Lipinski definition) is 3. The second-order valence-electron chi connectivity index (χ2n) is 6.04. The lowest BCUT2D eigenvalue weighted by Gasteiger charge is -2.39. The van der Waals surface area contributed by atoms with Gasteiger partial charge in [0, 0.05) is 12.1 Å². The summed E-state index contributed by atoms with van der Waals surface area (Å²) >= 11 is 0. The molecule has 4 heteroatoms. The smallest absolute Gasteiger partial charge is 0.304 e. The van der Waals surface area contributed by atoms with Crippen LogP contribution in [0.4, 0.5) is 0 Å². The summed E-state index contributed by atoms with van der Waals surface area (Å²) in [7, 11) is 0. The molecule has 1 aromatic rings. The Morgan fingerprint density at radius 3 is 2.71 bits per heavy atom. The molecule has 1 aliphatic rings. The first-order chi connectivity index (χ1) is 10.1. The van der Waals surface area contributed by atoms with E-state index in [0.29, 0.717) is 11.8 Å². The molecule has 1 fully saturated rings. The van der Waals surface area contributed by atoms with Crippen LogP contribution in [0.5, 0.6) is 5.75 Å². The Balaban J connectivity index is 1.89. The van der Waals surface area contributed by atoms with Gasteiger partial charge in [-0.05, 0) is 56.8 Å². The Hall–Kier alpha value is -1.55. The van der Waals surface area contributed by atoms with Crippen LogP contribution in [-0.4, -0.2) is 39.7 Å². The van der Waals surface area contributed by atoms with E-state index >= 15 is 0 Å². The molecule has 0 saturated carbocycles. The van der Waals surface area contributed by atoms with Crippen LogP contribution < -0.4 is 0 Å². The maximum absolute atomic E-state index is 11.0. The Morgan fingerprint density at radius 2 is 2.05 bits per heavy atom. The Kier molecular flexibility index (Phi) is 5.62.